The van der Waals surface area contributed by atoms with E-state index >= 15 is 0 Å². The number of aldehydes is 1. The molecular weight excluding hydrogens is 417 g/mol. The molecule has 0 spiro atoms. The molecule has 30 heavy (non-hydrogen) atoms. The molecule has 160 valence electrons. The van der Waals surface area contributed by atoms with Gasteiger partial charge in [0.1, 0.15) is 12.0 Å². The Labute approximate surface area is 173 Å². The monoisotopic (exact) mass is 438 g/mol. The van der Waals surface area contributed by atoms with Crippen molar-refractivity contribution in [3.05, 3.63) is 76.4 Å². The van der Waals surface area contributed by atoms with Crippen LogP contribution in [0.25, 0.3) is 12.2 Å². The summed E-state index contributed by atoms with van der Waals surface area (Å²) in [5.41, 5.74) is -2.05. The second-order valence-electron chi connectivity index (χ2n) is 6.42. The first-order valence-electron chi connectivity index (χ1n) is 9.12. The van der Waals surface area contributed by atoms with Gasteiger partial charge in [-0.2, -0.15) is 21.6 Å². The molecule has 8 heteroatoms. The quantitative estimate of drug-likeness (QED) is 0.298. The number of alkyl halides is 3. The maximum Gasteiger partial charge on any atom is 0.534 e. The first kappa shape index (κ1) is 23.4. The SMILES string of the molecule is C/C=C\c1cc(C=O)cc(Cc2cccc(OS(=O)(=O)C(F)(F)F)c2)c1/C=C/CC. The Balaban J connectivity index is 2.48. The highest BCUT2D eigenvalue weighted by Crippen LogP contribution is 2.29. The van der Waals surface area contributed by atoms with Crippen LogP contribution in [0.3, 0.4) is 0 Å². The molecule has 0 fully saturated rings. The minimum absolute atomic E-state index is 0.263. The summed E-state index contributed by atoms with van der Waals surface area (Å²) < 4.78 is 64.5. The molecule has 0 aliphatic carbocycles. The molecule has 0 saturated carbocycles. The van der Waals surface area contributed by atoms with Crippen molar-refractivity contribution >= 4 is 28.6 Å². The van der Waals surface area contributed by atoms with Crippen molar-refractivity contribution in [3.8, 4) is 5.75 Å². The van der Waals surface area contributed by atoms with Crippen LogP contribution in [0.15, 0.2) is 48.6 Å². The minimum Gasteiger partial charge on any atom is -0.376 e. The van der Waals surface area contributed by atoms with Gasteiger partial charge in [0.2, 0.25) is 0 Å². The van der Waals surface area contributed by atoms with Gasteiger partial charge in [-0.25, -0.2) is 0 Å². The molecular formula is C22H21F3O4S. The fourth-order valence-corrected chi connectivity index (χ4v) is 3.29. The van der Waals surface area contributed by atoms with E-state index in [1.54, 1.807) is 18.2 Å². The predicted octanol–water partition coefficient (Wildman–Crippen LogP) is 5.77. The number of allylic oxidation sites excluding steroid dienone is 2. The molecule has 0 saturated heterocycles. The van der Waals surface area contributed by atoms with Gasteiger partial charge in [-0.1, -0.05) is 43.4 Å². The van der Waals surface area contributed by atoms with Gasteiger partial charge in [0.15, 0.2) is 0 Å². The average Bonchev–Trinajstić information content (AvgIpc) is 2.66. The van der Waals surface area contributed by atoms with E-state index in [1.165, 1.54) is 12.1 Å². The van der Waals surface area contributed by atoms with E-state index in [0.29, 0.717) is 11.1 Å². The Morgan fingerprint density at radius 1 is 1.10 bits per heavy atom. The summed E-state index contributed by atoms with van der Waals surface area (Å²) in [5, 5.41) is 0. The molecule has 2 rings (SSSR count). The van der Waals surface area contributed by atoms with Gasteiger partial charge in [0.25, 0.3) is 0 Å². The molecule has 2 aromatic carbocycles. The zero-order valence-corrected chi connectivity index (χ0v) is 17.3. The molecule has 0 heterocycles. The highest BCUT2D eigenvalue weighted by atomic mass is 32.2. The zero-order valence-electron chi connectivity index (χ0n) is 16.4. The lowest BCUT2D eigenvalue weighted by Gasteiger charge is -2.13. The van der Waals surface area contributed by atoms with Crippen molar-refractivity contribution < 1.29 is 30.6 Å². The van der Waals surface area contributed by atoms with Crippen molar-refractivity contribution in [2.75, 3.05) is 0 Å². The smallest absolute Gasteiger partial charge is 0.376 e. The summed E-state index contributed by atoms with van der Waals surface area (Å²) in [4.78, 5) is 11.4. The predicted molar refractivity (Wildman–Crippen MR) is 111 cm³/mol. The van der Waals surface area contributed by atoms with Crippen LogP contribution in [-0.4, -0.2) is 20.2 Å². The van der Waals surface area contributed by atoms with Crippen molar-refractivity contribution in [2.45, 2.75) is 32.2 Å². The second kappa shape index (κ2) is 9.75. The number of carbonyl (C=O) groups is 1. The summed E-state index contributed by atoms with van der Waals surface area (Å²) in [6.07, 6.45) is 9.37. The van der Waals surface area contributed by atoms with Crippen LogP contribution >= 0.6 is 0 Å². The van der Waals surface area contributed by atoms with E-state index in [4.69, 9.17) is 0 Å². The fourth-order valence-electron chi connectivity index (χ4n) is 2.84. The standard InChI is InChI=1S/C22H21F3O4S/c1-3-5-10-21-18(7-4-2)12-17(15-26)13-19(21)11-16-8-6-9-20(14-16)29-30(27,28)22(23,24)25/h4-10,12-15H,3,11H2,1-2H3/b7-4-,10-5+. The summed E-state index contributed by atoms with van der Waals surface area (Å²) in [6.45, 7) is 3.83. The molecule has 0 amide bonds. The van der Waals surface area contributed by atoms with Crippen molar-refractivity contribution in [2.24, 2.45) is 0 Å². The minimum atomic E-state index is -5.75. The van der Waals surface area contributed by atoms with Gasteiger partial charge in [0.05, 0.1) is 0 Å². The lowest BCUT2D eigenvalue weighted by Crippen LogP contribution is -2.28. The molecule has 0 bridgehead atoms. The normalized spacial score (nSPS) is 12.6. The van der Waals surface area contributed by atoms with Crippen LogP contribution in [-0.2, 0) is 16.5 Å². The van der Waals surface area contributed by atoms with Crippen molar-refractivity contribution in [3.63, 3.8) is 0 Å². The summed E-state index contributed by atoms with van der Waals surface area (Å²) in [5.74, 6) is -0.435. The number of benzene rings is 2. The summed E-state index contributed by atoms with van der Waals surface area (Å²) >= 11 is 0. The Kier molecular flexibility index (Phi) is 7.61. The van der Waals surface area contributed by atoms with Gasteiger partial charge in [-0.05, 0) is 66.3 Å². The summed E-state index contributed by atoms with van der Waals surface area (Å²) in [7, 11) is -5.75. The van der Waals surface area contributed by atoms with E-state index in [-0.39, 0.29) is 6.42 Å². The van der Waals surface area contributed by atoms with Gasteiger partial charge < -0.3 is 4.18 Å². The van der Waals surface area contributed by atoms with E-state index < -0.39 is 21.4 Å². The number of hydrogen-bond acceptors (Lipinski definition) is 4. The van der Waals surface area contributed by atoms with Crippen LogP contribution in [0.5, 0.6) is 5.75 Å². The van der Waals surface area contributed by atoms with Crippen molar-refractivity contribution in [1.82, 2.24) is 0 Å². The van der Waals surface area contributed by atoms with E-state index in [0.717, 1.165) is 35.5 Å². The first-order valence-corrected chi connectivity index (χ1v) is 10.5. The molecule has 0 atom stereocenters. The third-order valence-electron chi connectivity index (χ3n) is 4.10. The van der Waals surface area contributed by atoms with E-state index in [9.17, 15) is 26.4 Å². The van der Waals surface area contributed by atoms with Crippen LogP contribution in [0.2, 0.25) is 0 Å². The molecule has 0 N–H and O–H groups in total. The Bertz CT molecular complexity index is 1070. The van der Waals surface area contributed by atoms with Gasteiger partial charge in [-0.3, -0.25) is 4.79 Å². The lowest BCUT2D eigenvalue weighted by molar-refractivity contribution is -0.0500. The molecule has 0 unspecified atom stereocenters. The molecule has 4 nitrogen and oxygen atoms in total. The number of carbonyl (C=O) groups excluding carboxylic acids is 1. The summed E-state index contributed by atoms with van der Waals surface area (Å²) in [6, 6.07) is 8.88. The van der Waals surface area contributed by atoms with Crippen LogP contribution < -0.4 is 4.18 Å². The van der Waals surface area contributed by atoms with E-state index in [1.807, 2.05) is 38.2 Å². The fraction of sp³-hybridized carbons (Fsp3) is 0.227. The van der Waals surface area contributed by atoms with Gasteiger partial charge >= 0.3 is 15.6 Å². The Morgan fingerprint density at radius 2 is 1.83 bits per heavy atom. The lowest BCUT2D eigenvalue weighted by atomic mass is 9.92. The van der Waals surface area contributed by atoms with E-state index in [2.05, 4.69) is 4.18 Å². The van der Waals surface area contributed by atoms with Crippen LogP contribution in [0, 0.1) is 0 Å². The van der Waals surface area contributed by atoms with Crippen LogP contribution in [0.1, 0.15) is 52.9 Å². The maximum atomic E-state index is 12.6. The van der Waals surface area contributed by atoms with Crippen molar-refractivity contribution in [1.29, 1.82) is 0 Å². The zero-order chi connectivity index (χ0) is 22.4. The molecule has 2 aromatic rings. The topological polar surface area (TPSA) is 60.4 Å². The molecule has 0 aliphatic heterocycles. The highest BCUT2D eigenvalue weighted by Gasteiger charge is 2.48. The average molecular weight is 438 g/mol. The largest absolute Gasteiger partial charge is 0.534 e. The highest BCUT2D eigenvalue weighted by molar-refractivity contribution is 7.88. The number of rotatable bonds is 8. The van der Waals surface area contributed by atoms with Gasteiger partial charge in [-0.15, -0.1) is 0 Å². The Hall–Kier alpha value is -2.87. The number of hydrogen-bond donors (Lipinski definition) is 0. The Morgan fingerprint density at radius 3 is 2.43 bits per heavy atom. The number of halogens is 3. The molecule has 0 aromatic heterocycles. The third-order valence-corrected chi connectivity index (χ3v) is 5.08. The first-order chi connectivity index (χ1) is 14.1. The molecule has 0 radical (unpaired) electrons. The maximum absolute atomic E-state index is 12.6. The third kappa shape index (κ3) is 5.82. The second-order valence-corrected chi connectivity index (χ2v) is 7.96. The molecule has 0 aliphatic rings. The van der Waals surface area contributed by atoms with Crippen LogP contribution in [0.4, 0.5) is 13.2 Å². The van der Waals surface area contributed by atoms with Gasteiger partial charge in [0, 0.05) is 5.56 Å².